The Labute approximate surface area is 141 Å². The summed E-state index contributed by atoms with van der Waals surface area (Å²) in [5.41, 5.74) is 0.585. The van der Waals surface area contributed by atoms with E-state index in [0.717, 1.165) is 23.7 Å². The Kier molecular flexibility index (Phi) is 3.66. The molecule has 23 heavy (non-hydrogen) atoms. The van der Waals surface area contributed by atoms with Gasteiger partial charge in [-0.2, -0.15) is 0 Å². The quantitative estimate of drug-likeness (QED) is 0.751. The zero-order valence-corrected chi connectivity index (χ0v) is 14.9. The molecule has 5 aliphatic carbocycles. The van der Waals surface area contributed by atoms with Crippen LogP contribution in [0.2, 0.25) is 0 Å². The van der Waals surface area contributed by atoms with Gasteiger partial charge in [0.05, 0.1) is 0 Å². The number of carbonyl (C=O) groups excluding carboxylic acids is 1. The Balaban J connectivity index is 1.65. The summed E-state index contributed by atoms with van der Waals surface area (Å²) >= 11 is 0. The lowest BCUT2D eigenvalue weighted by molar-refractivity contribution is -0.138. The Morgan fingerprint density at radius 1 is 0.957 bits per heavy atom. The van der Waals surface area contributed by atoms with Gasteiger partial charge < -0.3 is 5.32 Å². The van der Waals surface area contributed by atoms with E-state index in [1.54, 1.807) is 0 Å². The summed E-state index contributed by atoms with van der Waals surface area (Å²) in [6, 6.07) is 0. The maximum atomic E-state index is 12.3. The topological polar surface area (TPSA) is 29.1 Å². The predicted molar refractivity (Wildman–Crippen MR) is 93.9 cm³/mol. The lowest BCUT2D eigenvalue weighted by Crippen LogP contribution is -2.69. The lowest BCUT2D eigenvalue weighted by Gasteiger charge is -2.64. The predicted octanol–water partition coefficient (Wildman–Crippen LogP) is 4.70. The van der Waals surface area contributed by atoms with Crippen LogP contribution in [0.1, 0.15) is 71.6 Å². The molecule has 2 nitrogen and oxygen atoms in total. The molecule has 2 heteroatoms. The van der Waals surface area contributed by atoms with E-state index in [1.807, 2.05) is 0 Å². The van der Waals surface area contributed by atoms with Crippen molar-refractivity contribution in [1.82, 2.24) is 5.32 Å². The second kappa shape index (κ2) is 5.36. The first-order valence-corrected chi connectivity index (χ1v) is 9.87. The number of hydrogen-bond donors (Lipinski definition) is 1. The number of amides is 1. The third-order valence-corrected chi connectivity index (χ3v) is 8.03. The van der Waals surface area contributed by atoms with Gasteiger partial charge >= 0.3 is 0 Å². The number of carbonyl (C=O) groups is 1. The van der Waals surface area contributed by atoms with Crippen molar-refractivity contribution in [2.24, 2.45) is 35.0 Å². The van der Waals surface area contributed by atoms with E-state index in [9.17, 15) is 4.79 Å². The second-order valence-electron chi connectivity index (χ2n) is 9.87. The van der Waals surface area contributed by atoms with Gasteiger partial charge in [0.25, 0.3) is 0 Å². The Bertz CT molecular complexity index is 468. The summed E-state index contributed by atoms with van der Waals surface area (Å²) in [5, 5.41) is 3.57. The molecule has 4 bridgehead atoms. The van der Waals surface area contributed by atoms with E-state index in [1.165, 1.54) is 63.9 Å². The second-order valence-corrected chi connectivity index (χ2v) is 9.87. The maximum absolute atomic E-state index is 12.3. The molecule has 5 saturated carbocycles. The molecular formula is C21H33NO. The molecular weight excluding hydrogens is 282 g/mol. The highest BCUT2D eigenvalue weighted by Gasteiger charge is 2.60. The smallest absolute Gasteiger partial charge is 0.243 e. The monoisotopic (exact) mass is 315 g/mol. The maximum Gasteiger partial charge on any atom is 0.243 e. The summed E-state index contributed by atoms with van der Waals surface area (Å²) < 4.78 is 0. The fourth-order valence-electron chi connectivity index (χ4n) is 7.08. The van der Waals surface area contributed by atoms with Crippen LogP contribution in [0, 0.1) is 35.0 Å². The van der Waals surface area contributed by atoms with Crippen LogP contribution in [0.15, 0.2) is 12.7 Å². The summed E-state index contributed by atoms with van der Waals surface area (Å²) in [5.74, 6) is 4.12. The molecule has 0 aromatic heterocycles. The van der Waals surface area contributed by atoms with Gasteiger partial charge in [-0.05, 0) is 98.9 Å². The average Bonchev–Trinajstić information content (AvgIpc) is 2.50. The standard InChI is InChI=1S/C21H33NO/c1-4-19(23)22-21(16-5-7-20(2,3)8-6-16)17-10-14-9-15(12-17)13-18(21)11-14/h4,14-18H,1,5-13H2,2-3H3,(H,22,23). The van der Waals surface area contributed by atoms with Crippen LogP contribution < -0.4 is 5.32 Å². The highest BCUT2D eigenvalue weighted by Crippen LogP contribution is 2.62. The van der Waals surface area contributed by atoms with Crippen LogP contribution in [0.5, 0.6) is 0 Å². The molecule has 0 unspecified atom stereocenters. The molecule has 0 saturated heterocycles. The van der Waals surface area contributed by atoms with Gasteiger partial charge in [0.1, 0.15) is 0 Å². The van der Waals surface area contributed by atoms with Gasteiger partial charge in [-0.3, -0.25) is 4.79 Å². The third-order valence-electron chi connectivity index (χ3n) is 8.03. The van der Waals surface area contributed by atoms with Crippen molar-refractivity contribution >= 4 is 5.91 Å². The van der Waals surface area contributed by atoms with Crippen molar-refractivity contribution in [3.63, 3.8) is 0 Å². The van der Waals surface area contributed by atoms with Crippen molar-refractivity contribution in [3.05, 3.63) is 12.7 Å². The van der Waals surface area contributed by atoms with Crippen LogP contribution >= 0.6 is 0 Å². The number of rotatable bonds is 3. The molecule has 0 aliphatic heterocycles. The van der Waals surface area contributed by atoms with Crippen molar-refractivity contribution in [2.45, 2.75) is 77.2 Å². The zero-order chi connectivity index (χ0) is 16.2. The Morgan fingerprint density at radius 2 is 1.48 bits per heavy atom. The SMILES string of the molecule is C=CC(=O)NC1(C2CCC(C)(C)CC2)C2CC3CC(C2)CC1C3. The molecule has 0 spiro atoms. The lowest BCUT2D eigenvalue weighted by atomic mass is 9.44. The van der Waals surface area contributed by atoms with E-state index in [0.29, 0.717) is 11.3 Å². The van der Waals surface area contributed by atoms with Gasteiger partial charge in [0, 0.05) is 5.54 Å². The first-order valence-electron chi connectivity index (χ1n) is 9.87. The van der Waals surface area contributed by atoms with E-state index in [4.69, 9.17) is 0 Å². The normalized spacial score (nSPS) is 45.0. The van der Waals surface area contributed by atoms with Gasteiger partial charge in [-0.15, -0.1) is 0 Å². The van der Waals surface area contributed by atoms with Crippen LogP contribution in [0.3, 0.4) is 0 Å². The van der Waals surface area contributed by atoms with E-state index < -0.39 is 0 Å². The average molecular weight is 316 g/mol. The molecule has 0 radical (unpaired) electrons. The highest BCUT2D eigenvalue weighted by molar-refractivity contribution is 5.87. The molecule has 0 atom stereocenters. The summed E-state index contributed by atoms with van der Waals surface area (Å²) in [4.78, 5) is 12.3. The van der Waals surface area contributed by atoms with Crippen molar-refractivity contribution in [3.8, 4) is 0 Å². The molecule has 0 aromatic carbocycles. The number of nitrogens with one attached hydrogen (secondary N) is 1. The minimum absolute atomic E-state index is 0.0716. The van der Waals surface area contributed by atoms with E-state index in [2.05, 4.69) is 25.7 Å². The molecule has 0 aromatic rings. The molecule has 0 heterocycles. The van der Waals surface area contributed by atoms with Crippen LogP contribution in [-0.2, 0) is 4.79 Å². The zero-order valence-electron chi connectivity index (χ0n) is 14.9. The van der Waals surface area contributed by atoms with Gasteiger partial charge in [0.15, 0.2) is 0 Å². The van der Waals surface area contributed by atoms with Gasteiger partial charge in [0.2, 0.25) is 5.91 Å². The van der Waals surface area contributed by atoms with E-state index >= 15 is 0 Å². The Morgan fingerprint density at radius 3 is 1.96 bits per heavy atom. The molecule has 5 fully saturated rings. The molecule has 5 rings (SSSR count). The minimum Gasteiger partial charge on any atom is -0.346 e. The summed E-state index contributed by atoms with van der Waals surface area (Å²) in [6.45, 7) is 8.55. The van der Waals surface area contributed by atoms with Crippen molar-refractivity contribution in [2.75, 3.05) is 0 Å². The fourth-order valence-corrected chi connectivity index (χ4v) is 7.08. The summed E-state index contributed by atoms with van der Waals surface area (Å²) in [7, 11) is 0. The molecule has 1 amide bonds. The van der Waals surface area contributed by atoms with Crippen LogP contribution in [0.25, 0.3) is 0 Å². The van der Waals surface area contributed by atoms with Crippen molar-refractivity contribution in [1.29, 1.82) is 0 Å². The molecule has 5 aliphatic rings. The number of hydrogen-bond acceptors (Lipinski definition) is 1. The first kappa shape index (κ1) is 15.7. The highest BCUT2D eigenvalue weighted by atomic mass is 16.1. The third kappa shape index (κ3) is 2.48. The van der Waals surface area contributed by atoms with Crippen LogP contribution in [0.4, 0.5) is 0 Å². The Hall–Kier alpha value is -0.790. The van der Waals surface area contributed by atoms with Crippen molar-refractivity contribution < 1.29 is 4.79 Å². The first-order chi connectivity index (χ1) is 10.9. The minimum atomic E-state index is 0.0716. The molecule has 1 N–H and O–H groups in total. The van der Waals surface area contributed by atoms with Gasteiger partial charge in [-0.1, -0.05) is 20.4 Å². The summed E-state index contributed by atoms with van der Waals surface area (Å²) in [6.07, 6.45) is 13.7. The molecule has 128 valence electrons. The largest absolute Gasteiger partial charge is 0.346 e. The fraction of sp³-hybridized carbons (Fsp3) is 0.857. The van der Waals surface area contributed by atoms with E-state index in [-0.39, 0.29) is 11.4 Å². The van der Waals surface area contributed by atoms with Gasteiger partial charge in [-0.25, -0.2) is 0 Å². The van der Waals surface area contributed by atoms with Crippen LogP contribution in [-0.4, -0.2) is 11.4 Å².